The normalized spacial score (nSPS) is 12.8. The van der Waals surface area contributed by atoms with Crippen molar-refractivity contribution in [1.29, 1.82) is 0 Å². The molecule has 0 aromatic carbocycles. The van der Waals surface area contributed by atoms with Crippen molar-refractivity contribution in [2.24, 2.45) is 11.7 Å². The van der Waals surface area contributed by atoms with Gasteiger partial charge >= 0.3 is 0 Å². The molecular weight excluding hydrogens is 216 g/mol. The van der Waals surface area contributed by atoms with E-state index in [1.54, 1.807) is 18.2 Å². The van der Waals surface area contributed by atoms with Gasteiger partial charge in [-0.05, 0) is 18.9 Å². The fourth-order valence-corrected chi connectivity index (χ4v) is 1.51. The monoisotopic (exact) mass is 238 g/mol. The van der Waals surface area contributed by atoms with Gasteiger partial charge in [-0.25, -0.2) is 0 Å². The van der Waals surface area contributed by atoms with Gasteiger partial charge in [-0.15, -0.1) is 0 Å². The van der Waals surface area contributed by atoms with Crippen molar-refractivity contribution in [2.45, 2.75) is 39.8 Å². The van der Waals surface area contributed by atoms with Crippen LogP contribution in [0.2, 0.25) is 0 Å². The van der Waals surface area contributed by atoms with Gasteiger partial charge in [-0.3, -0.25) is 4.79 Å². The van der Waals surface area contributed by atoms with Crippen LogP contribution in [-0.4, -0.2) is 23.9 Å². The van der Waals surface area contributed by atoms with E-state index in [0.29, 0.717) is 18.9 Å². The number of hydrogen-bond acceptors (Lipinski definition) is 3. The van der Waals surface area contributed by atoms with Crippen LogP contribution in [0.5, 0.6) is 0 Å². The first-order chi connectivity index (χ1) is 7.91. The van der Waals surface area contributed by atoms with Crippen LogP contribution in [0.3, 0.4) is 0 Å². The molecule has 0 aliphatic heterocycles. The maximum Gasteiger partial charge on any atom is 0.224 e. The third-order valence-electron chi connectivity index (χ3n) is 3.07. The Kier molecular flexibility index (Phi) is 4.75. The van der Waals surface area contributed by atoms with E-state index in [1.165, 1.54) is 0 Å². The molecule has 1 heterocycles. The molecule has 0 radical (unpaired) electrons. The molecule has 1 aromatic heterocycles. The second-order valence-electron chi connectivity index (χ2n) is 4.86. The maximum atomic E-state index is 11.9. The molecule has 0 aliphatic carbocycles. The minimum Gasteiger partial charge on any atom is -0.469 e. The van der Waals surface area contributed by atoms with Crippen LogP contribution < -0.4 is 5.73 Å². The highest BCUT2D eigenvalue weighted by atomic mass is 16.3. The topological polar surface area (TPSA) is 59.5 Å². The molecule has 4 heteroatoms. The van der Waals surface area contributed by atoms with Crippen molar-refractivity contribution in [3.05, 3.63) is 23.7 Å². The van der Waals surface area contributed by atoms with E-state index >= 15 is 0 Å². The molecular formula is C13H22N2O2. The Morgan fingerprint density at radius 1 is 1.53 bits per heavy atom. The summed E-state index contributed by atoms with van der Waals surface area (Å²) in [5.74, 6) is 1.26. The van der Waals surface area contributed by atoms with E-state index in [9.17, 15) is 4.79 Å². The summed E-state index contributed by atoms with van der Waals surface area (Å²) in [7, 11) is 1.79. The Hall–Kier alpha value is -1.29. The lowest BCUT2D eigenvalue weighted by molar-refractivity contribution is -0.131. The summed E-state index contributed by atoms with van der Waals surface area (Å²) < 4.78 is 5.20. The predicted molar refractivity (Wildman–Crippen MR) is 67.3 cm³/mol. The summed E-state index contributed by atoms with van der Waals surface area (Å²) in [6.45, 7) is 6.52. The Bertz CT molecular complexity index is 371. The number of nitrogens with two attached hydrogens (primary N) is 1. The summed E-state index contributed by atoms with van der Waals surface area (Å²) in [6, 6.07) is 1.82. The van der Waals surface area contributed by atoms with Crippen molar-refractivity contribution in [3.63, 3.8) is 0 Å². The van der Waals surface area contributed by atoms with Crippen LogP contribution >= 0.6 is 0 Å². The molecule has 0 aliphatic rings. The van der Waals surface area contributed by atoms with E-state index in [4.69, 9.17) is 10.2 Å². The smallest absolute Gasteiger partial charge is 0.224 e. The molecule has 0 fully saturated rings. The number of hydrogen-bond donors (Lipinski definition) is 1. The molecule has 0 spiro atoms. The van der Waals surface area contributed by atoms with Gasteiger partial charge in [0.2, 0.25) is 5.91 Å². The van der Waals surface area contributed by atoms with E-state index < -0.39 is 0 Å². The average Bonchev–Trinajstić information content (AvgIpc) is 2.64. The van der Waals surface area contributed by atoms with Crippen molar-refractivity contribution >= 4 is 5.91 Å². The second kappa shape index (κ2) is 5.87. The average molecular weight is 238 g/mol. The minimum absolute atomic E-state index is 0.0737. The SMILES string of the molecule is Cc1occc1CN(C)C(=O)CC(N)C(C)C. The number of carbonyl (C=O) groups is 1. The number of furan rings is 1. The van der Waals surface area contributed by atoms with Crippen molar-refractivity contribution in [2.75, 3.05) is 7.05 Å². The van der Waals surface area contributed by atoms with Gasteiger partial charge in [0.25, 0.3) is 0 Å². The van der Waals surface area contributed by atoms with E-state index in [-0.39, 0.29) is 11.9 Å². The maximum absolute atomic E-state index is 11.9. The Labute approximate surface area is 103 Å². The van der Waals surface area contributed by atoms with Crippen molar-refractivity contribution < 1.29 is 9.21 Å². The fourth-order valence-electron chi connectivity index (χ4n) is 1.51. The standard InChI is InChI=1S/C13H22N2O2/c1-9(2)12(14)7-13(16)15(4)8-11-5-6-17-10(11)3/h5-6,9,12H,7-8,14H2,1-4H3. The largest absolute Gasteiger partial charge is 0.469 e. The lowest BCUT2D eigenvalue weighted by Crippen LogP contribution is -2.35. The first-order valence-corrected chi connectivity index (χ1v) is 5.94. The molecule has 1 rings (SSSR count). The van der Waals surface area contributed by atoms with Crippen LogP contribution in [0.1, 0.15) is 31.6 Å². The van der Waals surface area contributed by atoms with E-state index in [2.05, 4.69) is 0 Å². The van der Waals surface area contributed by atoms with Gasteiger partial charge < -0.3 is 15.1 Å². The number of amides is 1. The number of aryl methyl sites for hydroxylation is 1. The molecule has 17 heavy (non-hydrogen) atoms. The summed E-state index contributed by atoms with van der Waals surface area (Å²) in [6.07, 6.45) is 2.04. The predicted octanol–water partition coefficient (Wildman–Crippen LogP) is 1.92. The molecule has 2 N–H and O–H groups in total. The van der Waals surface area contributed by atoms with Crippen LogP contribution in [-0.2, 0) is 11.3 Å². The molecule has 0 saturated heterocycles. The fraction of sp³-hybridized carbons (Fsp3) is 0.615. The quantitative estimate of drug-likeness (QED) is 0.852. The van der Waals surface area contributed by atoms with Gasteiger partial charge in [0.15, 0.2) is 0 Å². The Morgan fingerprint density at radius 2 is 2.18 bits per heavy atom. The molecule has 96 valence electrons. The molecule has 0 bridgehead atoms. The summed E-state index contributed by atoms with van der Waals surface area (Å²) in [5, 5.41) is 0. The number of rotatable bonds is 5. The van der Waals surface area contributed by atoms with Crippen LogP contribution in [0.4, 0.5) is 0 Å². The van der Waals surface area contributed by atoms with E-state index in [0.717, 1.165) is 11.3 Å². The minimum atomic E-state index is -0.0737. The van der Waals surface area contributed by atoms with Crippen LogP contribution in [0.15, 0.2) is 16.7 Å². The lowest BCUT2D eigenvalue weighted by Gasteiger charge is -2.21. The van der Waals surface area contributed by atoms with Gasteiger partial charge in [-0.1, -0.05) is 13.8 Å². The zero-order valence-electron chi connectivity index (χ0n) is 11.1. The van der Waals surface area contributed by atoms with Gasteiger partial charge in [0, 0.05) is 31.6 Å². The lowest BCUT2D eigenvalue weighted by atomic mass is 10.0. The molecule has 0 saturated carbocycles. The van der Waals surface area contributed by atoms with E-state index in [1.807, 2.05) is 26.8 Å². The zero-order valence-corrected chi connectivity index (χ0v) is 11.1. The Morgan fingerprint density at radius 3 is 2.65 bits per heavy atom. The highest BCUT2D eigenvalue weighted by Crippen LogP contribution is 2.12. The zero-order chi connectivity index (χ0) is 13.0. The van der Waals surface area contributed by atoms with Gasteiger partial charge in [-0.2, -0.15) is 0 Å². The molecule has 1 aromatic rings. The van der Waals surface area contributed by atoms with Gasteiger partial charge in [0.1, 0.15) is 5.76 Å². The van der Waals surface area contributed by atoms with Crippen molar-refractivity contribution in [3.8, 4) is 0 Å². The van der Waals surface area contributed by atoms with Crippen LogP contribution in [0, 0.1) is 12.8 Å². The number of carbonyl (C=O) groups excluding carboxylic acids is 1. The third kappa shape index (κ3) is 3.89. The second-order valence-corrected chi connectivity index (χ2v) is 4.86. The first kappa shape index (κ1) is 13.8. The molecule has 1 atom stereocenters. The summed E-state index contributed by atoms with van der Waals surface area (Å²) in [4.78, 5) is 13.6. The highest BCUT2D eigenvalue weighted by Gasteiger charge is 2.17. The highest BCUT2D eigenvalue weighted by molar-refractivity contribution is 5.76. The van der Waals surface area contributed by atoms with Gasteiger partial charge in [0.05, 0.1) is 6.26 Å². The van der Waals surface area contributed by atoms with Crippen molar-refractivity contribution in [1.82, 2.24) is 4.90 Å². The summed E-state index contributed by atoms with van der Waals surface area (Å²) >= 11 is 0. The summed E-state index contributed by atoms with van der Waals surface area (Å²) in [5.41, 5.74) is 6.93. The Balaban J connectivity index is 2.50. The molecule has 1 amide bonds. The molecule has 4 nitrogen and oxygen atoms in total. The number of nitrogens with zero attached hydrogens (tertiary/aromatic N) is 1. The third-order valence-corrected chi connectivity index (χ3v) is 3.07. The van der Waals surface area contributed by atoms with Crippen LogP contribution in [0.25, 0.3) is 0 Å². The first-order valence-electron chi connectivity index (χ1n) is 5.94. The molecule has 1 unspecified atom stereocenters.